The Kier molecular flexibility index (Phi) is 6.33. The van der Waals surface area contributed by atoms with Crippen LogP contribution in [0.25, 0.3) is 0 Å². The molecule has 2 atom stereocenters. The van der Waals surface area contributed by atoms with Crippen molar-refractivity contribution in [2.24, 2.45) is 5.92 Å². The summed E-state index contributed by atoms with van der Waals surface area (Å²) >= 11 is 0. The maximum absolute atomic E-state index is 13.1. The number of carbonyl (C=O) groups is 1. The van der Waals surface area contributed by atoms with Crippen LogP contribution >= 0.6 is 0 Å². The number of sulfonamides is 1. The zero-order valence-corrected chi connectivity index (χ0v) is 15.5. The molecule has 26 heavy (non-hydrogen) atoms. The van der Waals surface area contributed by atoms with Gasteiger partial charge in [0, 0.05) is 17.6 Å². The van der Waals surface area contributed by atoms with Gasteiger partial charge in [0.05, 0.1) is 10.8 Å². The van der Waals surface area contributed by atoms with Gasteiger partial charge in [0.2, 0.25) is 10.0 Å². The standard InChI is InChI=1S/C17H23F3N2O3S/c1-11(2)22-26(24,25)13-9-7-12(8-10-13)16(23)21-15-6-4-3-5-14(15)17(18,19)20/h7-11,14-15,22H,3-6H2,1-2H3,(H,21,23)/t14-,15+/m0/s1. The molecule has 0 heterocycles. The molecular formula is C17H23F3N2O3S. The SMILES string of the molecule is CC(C)NS(=O)(=O)c1ccc(C(=O)N[C@@H]2CCCC[C@@H]2C(F)(F)F)cc1. The first-order chi connectivity index (χ1) is 12.0. The van der Waals surface area contributed by atoms with Crippen LogP contribution in [-0.4, -0.2) is 32.6 Å². The van der Waals surface area contributed by atoms with Gasteiger partial charge in [-0.1, -0.05) is 12.8 Å². The highest BCUT2D eigenvalue weighted by Gasteiger charge is 2.46. The lowest BCUT2D eigenvalue weighted by molar-refractivity contribution is -0.187. The summed E-state index contributed by atoms with van der Waals surface area (Å²) in [4.78, 5) is 12.3. The van der Waals surface area contributed by atoms with Gasteiger partial charge in [0.15, 0.2) is 0 Å². The second-order valence-corrected chi connectivity index (χ2v) is 8.53. The number of hydrogen-bond acceptors (Lipinski definition) is 3. The number of hydrogen-bond donors (Lipinski definition) is 2. The van der Waals surface area contributed by atoms with Gasteiger partial charge >= 0.3 is 6.18 Å². The fourth-order valence-corrected chi connectivity index (χ4v) is 4.36. The van der Waals surface area contributed by atoms with Crippen LogP contribution in [0.2, 0.25) is 0 Å². The van der Waals surface area contributed by atoms with Gasteiger partial charge < -0.3 is 5.32 Å². The molecule has 0 bridgehead atoms. The largest absolute Gasteiger partial charge is 0.393 e. The van der Waals surface area contributed by atoms with E-state index in [-0.39, 0.29) is 29.3 Å². The van der Waals surface area contributed by atoms with Crippen molar-refractivity contribution in [3.05, 3.63) is 29.8 Å². The molecular weight excluding hydrogens is 369 g/mol. The van der Waals surface area contributed by atoms with Crippen molar-refractivity contribution in [2.75, 3.05) is 0 Å². The second kappa shape index (κ2) is 7.96. The average molecular weight is 392 g/mol. The molecule has 5 nitrogen and oxygen atoms in total. The monoisotopic (exact) mass is 392 g/mol. The lowest BCUT2D eigenvalue weighted by atomic mass is 9.84. The van der Waals surface area contributed by atoms with Crippen LogP contribution in [0.1, 0.15) is 49.9 Å². The molecule has 2 N–H and O–H groups in total. The van der Waals surface area contributed by atoms with Crippen LogP contribution in [0.15, 0.2) is 29.2 Å². The van der Waals surface area contributed by atoms with Crippen LogP contribution in [0.4, 0.5) is 13.2 Å². The normalized spacial score (nSPS) is 21.6. The number of benzene rings is 1. The van der Waals surface area contributed by atoms with Gasteiger partial charge in [-0.05, 0) is 51.0 Å². The summed E-state index contributed by atoms with van der Waals surface area (Å²) in [5.74, 6) is -2.18. The van der Waals surface area contributed by atoms with Gasteiger partial charge in [0.1, 0.15) is 0 Å². The van der Waals surface area contributed by atoms with E-state index in [1.807, 2.05) is 0 Å². The molecule has 1 fully saturated rings. The van der Waals surface area contributed by atoms with E-state index in [4.69, 9.17) is 0 Å². The summed E-state index contributed by atoms with van der Waals surface area (Å²) in [5, 5.41) is 2.46. The highest BCUT2D eigenvalue weighted by molar-refractivity contribution is 7.89. The van der Waals surface area contributed by atoms with Crippen molar-refractivity contribution in [3.63, 3.8) is 0 Å². The predicted octanol–water partition coefficient (Wildman–Crippen LogP) is 3.22. The van der Waals surface area contributed by atoms with E-state index in [2.05, 4.69) is 10.0 Å². The zero-order valence-electron chi connectivity index (χ0n) is 14.6. The molecule has 9 heteroatoms. The highest BCUT2D eigenvalue weighted by atomic mass is 32.2. The van der Waals surface area contributed by atoms with E-state index in [9.17, 15) is 26.4 Å². The number of rotatable bonds is 5. The lowest BCUT2D eigenvalue weighted by Crippen LogP contribution is -2.47. The van der Waals surface area contributed by atoms with Crippen LogP contribution in [0.3, 0.4) is 0 Å². The molecule has 1 saturated carbocycles. The molecule has 0 aliphatic heterocycles. The number of nitrogens with one attached hydrogen (secondary N) is 2. The number of halogens is 3. The van der Waals surface area contributed by atoms with Gasteiger partial charge in [-0.15, -0.1) is 0 Å². The van der Waals surface area contributed by atoms with Gasteiger partial charge in [-0.2, -0.15) is 13.2 Å². The Bertz CT molecular complexity index is 731. The smallest absolute Gasteiger partial charge is 0.349 e. The Labute approximate surface area is 151 Å². The van der Waals surface area contributed by atoms with Crippen molar-refractivity contribution in [3.8, 4) is 0 Å². The zero-order chi connectivity index (χ0) is 19.5. The maximum Gasteiger partial charge on any atom is 0.393 e. The summed E-state index contributed by atoms with van der Waals surface area (Å²) in [6.07, 6.45) is -2.94. The first-order valence-corrected chi connectivity index (χ1v) is 9.99. The second-order valence-electron chi connectivity index (χ2n) is 6.81. The topological polar surface area (TPSA) is 75.3 Å². The summed E-state index contributed by atoms with van der Waals surface area (Å²) in [6, 6.07) is 3.89. The highest BCUT2D eigenvalue weighted by Crippen LogP contribution is 2.37. The third-order valence-corrected chi connectivity index (χ3v) is 6.00. The molecule has 146 valence electrons. The van der Waals surface area contributed by atoms with Crippen molar-refractivity contribution >= 4 is 15.9 Å². The third kappa shape index (κ3) is 5.20. The predicted molar refractivity (Wildman–Crippen MR) is 91.2 cm³/mol. The van der Waals surface area contributed by atoms with Crippen LogP contribution in [0, 0.1) is 5.92 Å². The molecule has 0 aromatic heterocycles. The van der Waals surface area contributed by atoms with Gasteiger partial charge in [-0.25, -0.2) is 13.1 Å². The molecule has 0 saturated heterocycles. The van der Waals surface area contributed by atoms with Crippen LogP contribution < -0.4 is 10.0 Å². The molecule has 1 aromatic rings. The molecule has 1 aliphatic carbocycles. The minimum Gasteiger partial charge on any atom is -0.349 e. The molecule has 1 aromatic carbocycles. The Morgan fingerprint density at radius 2 is 1.69 bits per heavy atom. The van der Waals surface area contributed by atoms with Crippen LogP contribution in [0.5, 0.6) is 0 Å². The van der Waals surface area contributed by atoms with E-state index in [0.29, 0.717) is 12.8 Å². The van der Waals surface area contributed by atoms with E-state index in [1.165, 1.54) is 24.3 Å². The first-order valence-electron chi connectivity index (χ1n) is 8.50. The van der Waals surface area contributed by atoms with E-state index in [1.54, 1.807) is 13.8 Å². The minimum absolute atomic E-state index is 0.00594. The van der Waals surface area contributed by atoms with Crippen molar-refractivity contribution in [2.45, 2.75) is 62.7 Å². The van der Waals surface area contributed by atoms with Gasteiger partial charge in [-0.3, -0.25) is 4.79 Å². The van der Waals surface area contributed by atoms with E-state index >= 15 is 0 Å². The Morgan fingerprint density at radius 3 is 2.23 bits per heavy atom. The summed E-state index contributed by atoms with van der Waals surface area (Å²) in [7, 11) is -3.69. The molecule has 1 amide bonds. The summed E-state index contributed by atoms with van der Waals surface area (Å²) in [5.41, 5.74) is 0.125. The first kappa shape index (κ1) is 20.7. The molecule has 0 unspecified atom stereocenters. The van der Waals surface area contributed by atoms with Crippen molar-refractivity contribution < 1.29 is 26.4 Å². The summed E-state index contributed by atoms with van der Waals surface area (Å²) < 4.78 is 65.9. The fourth-order valence-electron chi connectivity index (χ4n) is 3.11. The molecule has 2 rings (SSSR count). The number of alkyl halides is 3. The Morgan fingerprint density at radius 1 is 1.12 bits per heavy atom. The molecule has 0 radical (unpaired) electrons. The maximum atomic E-state index is 13.1. The van der Waals surface area contributed by atoms with E-state index in [0.717, 1.165) is 0 Å². The third-order valence-electron chi connectivity index (χ3n) is 4.32. The average Bonchev–Trinajstić information content (AvgIpc) is 2.53. The molecule has 0 spiro atoms. The number of amides is 1. The van der Waals surface area contributed by atoms with Crippen molar-refractivity contribution in [1.82, 2.24) is 10.0 Å². The lowest BCUT2D eigenvalue weighted by Gasteiger charge is -2.33. The van der Waals surface area contributed by atoms with E-state index < -0.39 is 34.1 Å². The van der Waals surface area contributed by atoms with Gasteiger partial charge in [0.25, 0.3) is 5.91 Å². The van der Waals surface area contributed by atoms with Crippen molar-refractivity contribution in [1.29, 1.82) is 0 Å². The quantitative estimate of drug-likeness (QED) is 0.808. The minimum atomic E-state index is -4.35. The fraction of sp³-hybridized carbons (Fsp3) is 0.588. The Hall–Kier alpha value is -1.61. The molecule has 1 aliphatic rings. The Balaban J connectivity index is 2.10. The number of carbonyl (C=O) groups excluding carboxylic acids is 1. The summed E-state index contributed by atoms with van der Waals surface area (Å²) in [6.45, 7) is 3.36. The van der Waals surface area contributed by atoms with Crippen LogP contribution in [-0.2, 0) is 10.0 Å².